The van der Waals surface area contributed by atoms with Crippen molar-refractivity contribution in [2.24, 2.45) is 5.18 Å². The van der Waals surface area contributed by atoms with Crippen LogP contribution < -0.4 is 10.2 Å². The molecule has 3 aromatic heterocycles. The molecule has 34 heavy (non-hydrogen) atoms. The second-order valence-corrected chi connectivity index (χ2v) is 8.93. The van der Waals surface area contributed by atoms with Crippen LogP contribution in [0.5, 0.6) is 0 Å². The molecule has 4 heterocycles. The van der Waals surface area contributed by atoms with Gasteiger partial charge in [-0.25, -0.2) is 9.97 Å². The number of nitroso groups, excluding NO2 is 1. The van der Waals surface area contributed by atoms with E-state index in [4.69, 9.17) is 4.42 Å². The van der Waals surface area contributed by atoms with E-state index in [-0.39, 0.29) is 6.04 Å². The summed E-state index contributed by atoms with van der Waals surface area (Å²) in [6, 6.07) is 7.73. The quantitative estimate of drug-likeness (QED) is 0.438. The van der Waals surface area contributed by atoms with Gasteiger partial charge >= 0.3 is 0 Å². The monoisotopic (exact) mass is 455 g/mol. The number of aromatic nitrogens is 3. The number of benzene rings is 1. The number of fused-ring (bicyclic) bond motifs is 2. The van der Waals surface area contributed by atoms with Crippen LogP contribution >= 0.6 is 0 Å². The van der Waals surface area contributed by atoms with E-state index < -0.39 is 0 Å². The third-order valence-corrected chi connectivity index (χ3v) is 6.79. The molecular formula is C25H25N7O2. The van der Waals surface area contributed by atoms with E-state index in [1.165, 1.54) is 0 Å². The van der Waals surface area contributed by atoms with Crippen LogP contribution in [0.15, 0.2) is 58.6 Å². The van der Waals surface area contributed by atoms with Crippen LogP contribution in [0.4, 0.5) is 17.1 Å². The van der Waals surface area contributed by atoms with E-state index in [1.807, 2.05) is 30.6 Å². The van der Waals surface area contributed by atoms with Gasteiger partial charge in [0.2, 0.25) is 0 Å². The Bertz CT molecular complexity index is 1340. The van der Waals surface area contributed by atoms with Crippen LogP contribution in [-0.2, 0) is 6.42 Å². The molecule has 1 atom stereocenters. The first kappa shape index (κ1) is 20.7. The highest BCUT2D eigenvalue weighted by Crippen LogP contribution is 2.40. The minimum atomic E-state index is -0.243. The maximum atomic E-state index is 11.1. The van der Waals surface area contributed by atoms with Crippen LogP contribution in [0.1, 0.15) is 23.6 Å². The summed E-state index contributed by atoms with van der Waals surface area (Å²) in [4.78, 5) is 29.2. The van der Waals surface area contributed by atoms with Crippen LogP contribution in [-0.4, -0.2) is 53.1 Å². The Hall–Kier alpha value is -3.85. The summed E-state index contributed by atoms with van der Waals surface area (Å²) in [6.45, 7) is 3.97. The highest BCUT2D eigenvalue weighted by Gasteiger charge is 2.24. The molecule has 172 valence electrons. The summed E-state index contributed by atoms with van der Waals surface area (Å²) in [5.41, 5.74) is 5.57. The molecule has 0 spiro atoms. The third kappa shape index (κ3) is 3.67. The molecule has 1 aromatic carbocycles. The normalized spacial score (nSPS) is 18.3. The molecule has 1 aliphatic heterocycles. The van der Waals surface area contributed by atoms with E-state index in [9.17, 15) is 4.91 Å². The molecule has 0 bridgehead atoms. The lowest BCUT2D eigenvalue weighted by Gasteiger charge is -2.33. The van der Waals surface area contributed by atoms with Gasteiger partial charge < -0.3 is 19.5 Å². The second-order valence-electron chi connectivity index (χ2n) is 8.93. The molecule has 6 rings (SSSR count). The predicted octanol–water partition coefficient (Wildman–Crippen LogP) is 4.53. The number of furan rings is 1. The van der Waals surface area contributed by atoms with Gasteiger partial charge in [0, 0.05) is 43.4 Å². The lowest BCUT2D eigenvalue weighted by molar-refractivity contribution is 0.312. The SMILES string of the molecule is CN1CCN(c2cnc(-c3oc4cnccc4c3Nc3ccc4c(c3)CCC4N=O)nc2)CC1. The van der Waals surface area contributed by atoms with Gasteiger partial charge in [0.1, 0.15) is 6.04 Å². The zero-order valence-electron chi connectivity index (χ0n) is 18.9. The Kier molecular flexibility index (Phi) is 5.18. The van der Waals surface area contributed by atoms with Gasteiger partial charge in [-0.1, -0.05) is 11.2 Å². The van der Waals surface area contributed by atoms with Gasteiger partial charge in [-0.2, -0.15) is 4.91 Å². The van der Waals surface area contributed by atoms with E-state index in [1.54, 1.807) is 12.4 Å². The molecule has 1 aliphatic carbocycles. The zero-order chi connectivity index (χ0) is 23.1. The first-order chi connectivity index (χ1) is 16.7. The molecule has 0 amide bonds. The zero-order valence-corrected chi connectivity index (χ0v) is 18.9. The fraction of sp³-hybridized carbons (Fsp3) is 0.320. The number of hydrogen-bond acceptors (Lipinski definition) is 9. The topological polar surface area (TPSA) is 99.8 Å². The molecule has 9 nitrogen and oxygen atoms in total. The molecule has 0 radical (unpaired) electrons. The van der Waals surface area contributed by atoms with Crippen molar-refractivity contribution in [1.82, 2.24) is 19.9 Å². The Labute approximate surface area is 196 Å². The Morgan fingerprint density at radius 1 is 1.09 bits per heavy atom. The number of aryl methyl sites for hydroxylation is 1. The average Bonchev–Trinajstić information content (AvgIpc) is 3.46. The molecule has 2 aliphatic rings. The standard InChI is InChI=1S/C25H25N7O2/c1-31-8-10-32(11-9-31)18-13-27-25(28-14-18)24-23(20-6-7-26-15-22(20)34-24)29-17-3-4-19-16(12-17)2-5-21(19)30-33/h3-4,6-7,12-15,21,29H,2,5,8-11H2,1H3. The summed E-state index contributed by atoms with van der Waals surface area (Å²) in [7, 11) is 2.14. The van der Waals surface area contributed by atoms with Crippen molar-refractivity contribution in [3.8, 4) is 11.6 Å². The number of likely N-dealkylation sites (N-methyl/N-ethyl adjacent to an activating group) is 1. The molecule has 1 unspecified atom stereocenters. The molecule has 9 heteroatoms. The average molecular weight is 456 g/mol. The van der Waals surface area contributed by atoms with Gasteiger partial charge in [0.15, 0.2) is 17.2 Å². The van der Waals surface area contributed by atoms with Crippen molar-refractivity contribution >= 4 is 28.0 Å². The Morgan fingerprint density at radius 2 is 1.91 bits per heavy atom. The molecule has 0 saturated carbocycles. The minimum Gasteiger partial charge on any atom is -0.449 e. The Morgan fingerprint density at radius 3 is 2.71 bits per heavy atom. The first-order valence-electron chi connectivity index (χ1n) is 11.5. The summed E-state index contributed by atoms with van der Waals surface area (Å²) < 4.78 is 6.16. The minimum absolute atomic E-state index is 0.243. The van der Waals surface area contributed by atoms with Crippen molar-refractivity contribution < 1.29 is 4.42 Å². The molecule has 4 aromatic rings. The number of anilines is 3. The number of pyridine rings is 1. The van der Waals surface area contributed by atoms with Gasteiger partial charge in [0.25, 0.3) is 0 Å². The number of nitrogens with one attached hydrogen (secondary N) is 1. The molecular weight excluding hydrogens is 430 g/mol. The number of piperazine rings is 1. The fourth-order valence-electron chi connectivity index (χ4n) is 4.83. The lowest BCUT2D eigenvalue weighted by Crippen LogP contribution is -2.44. The summed E-state index contributed by atoms with van der Waals surface area (Å²) in [5, 5.41) is 7.68. The van der Waals surface area contributed by atoms with Crippen LogP contribution in [0.2, 0.25) is 0 Å². The summed E-state index contributed by atoms with van der Waals surface area (Å²) >= 11 is 0. The third-order valence-electron chi connectivity index (χ3n) is 6.79. The lowest BCUT2D eigenvalue weighted by atomic mass is 10.1. The van der Waals surface area contributed by atoms with Crippen molar-refractivity contribution in [2.45, 2.75) is 18.9 Å². The fourth-order valence-corrected chi connectivity index (χ4v) is 4.83. The van der Waals surface area contributed by atoms with Crippen molar-refractivity contribution in [1.29, 1.82) is 0 Å². The largest absolute Gasteiger partial charge is 0.449 e. The van der Waals surface area contributed by atoms with Crippen LogP contribution in [0.3, 0.4) is 0 Å². The predicted molar refractivity (Wildman–Crippen MR) is 131 cm³/mol. The van der Waals surface area contributed by atoms with E-state index >= 15 is 0 Å². The summed E-state index contributed by atoms with van der Waals surface area (Å²) in [5.74, 6) is 1.09. The van der Waals surface area contributed by atoms with Gasteiger partial charge in [-0.3, -0.25) is 4.98 Å². The van der Waals surface area contributed by atoms with Gasteiger partial charge in [-0.05, 0) is 49.2 Å². The number of hydrogen-bond donors (Lipinski definition) is 1. The van der Waals surface area contributed by atoms with Crippen LogP contribution in [0.25, 0.3) is 22.6 Å². The maximum absolute atomic E-state index is 11.1. The van der Waals surface area contributed by atoms with E-state index in [0.29, 0.717) is 17.2 Å². The van der Waals surface area contributed by atoms with Crippen molar-refractivity contribution in [3.05, 3.63) is 65.1 Å². The number of rotatable bonds is 5. The van der Waals surface area contributed by atoms with Crippen LogP contribution in [0, 0.1) is 4.91 Å². The van der Waals surface area contributed by atoms with E-state index in [0.717, 1.165) is 72.6 Å². The van der Waals surface area contributed by atoms with Crippen molar-refractivity contribution in [3.63, 3.8) is 0 Å². The van der Waals surface area contributed by atoms with Gasteiger partial charge in [-0.15, -0.1) is 0 Å². The number of nitrogens with zero attached hydrogens (tertiary/aromatic N) is 6. The van der Waals surface area contributed by atoms with Gasteiger partial charge in [0.05, 0.1) is 30.0 Å². The molecule has 1 saturated heterocycles. The maximum Gasteiger partial charge on any atom is 0.198 e. The second kappa shape index (κ2) is 8.49. The Balaban J connectivity index is 1.34. The molecule has 1 fully saturated rings. The summed E-state index contributed by atoms with van der Waals surface area (Å²) in [6.07, 6.45) is 8.79. The molecule has 1 N–H and O–H groups in total. The van der Waals surface area contributed by atoms with E-state index in [2.05, 4.69) is 48.4 Å². The highest BCUT2D eigenvalue weighted by atomic mass is 16.3. The first-order valence-corrected chi connectivity index (χ1v) is 11.5. The highest BCUT2D eigenvalue weighted by molar-refractivity contribution is 5.99. The smallest absolute Gasteiger partial charge is 0.198 e. The van der Waals surface area contributed by atoms with Crippen molar-refractivity contribution in [2.75, 3.05) is 43.4 Å².